The van der Waals surface area contributed by atoms with Gasteiger partial charge >= 0.3 is 0 Å². The molecule has 0 aliphatic rings. The fraction of sp³-hybridized carbons (Fsp3) is 0.0909. The molecule has 0 aliphatic heterocycles. The van der Waals surface area contributed by atoms with Crippen LogP contribution in [0.3, 0.4) is 0 Å². The van der Waals surface area contributed by atoms with Crippen molar-refractivity contribution < 1.29 is 0 Å². The van der Waals surface area contributed by atoms with Crippen molar-refractivity contribution in [1.82, 2.24) is 14.5 Å². The van der Waals surface area contributed by atoms with Gasteiger partial charge in [-0.25, -0.2) is 9.97 Å². The average Bonchev–Trinajstić information content (AvgIpc) is 2.84. The number of imidazole rings is 1. The van der Waals surface area contributed by atoms with Gasteiger partial charge in [-0.3, -0.25) is 0 Å². The van der Waals surface area contributed by atoms with Crippen molar-refractivity contribution in [2.75, 3.05) is 5.73 Å². The summed E-state index contributed by atoms with van der Waals surface area (Å²) in [5.41, 5.74) is 8.19. The van der Waals surface area contributed by atoms with E-state index >= 15 is 0 Å². The molecule has 4 nitrogen and oxygen atoms in total. The Morgan fingerprint density at radius 1 is 1.35 bits per heavy atom. The predicted molar refractivity (Wildman–Crippen MR) is 71.2 cm³/mol. The number of halogens is 1. The lowest BCUT2D eigenvalue weighted by Crippen LogP contribution is -1.93. The van der Waals surface area contributed by atoms with Crippen LogP contribution in [0.4, 0.5) is 5.13 Å². The van der Waals surface area contributed by atoms with E-state index in [0.29, 0.717) is 10.2 Å². The van der Waals surface area contributed by atoms with Crippen LogP contribution in [0.1, 0.15) is 0 Å². The minimum Gasteiger partial charge on any atom is -0.375 e. The lowest BCUT2D eigenvalue weighted by Gasteiger charge is -1.99. The molecule has 2 heterocycles. The molecule has 3 aromatic rings. The third kappa shape index (κ3) is 1.59. The second kappa shape index (κ2) is 3.72. The standard InChI is InChI=1S/C11H9ClN4S/c1-16-9-6(12)3-2-4-7(9)14-10(16)8-5-17-11(13)15-8/h2-5H,1H3,(H2,13,15). The van der Waals surface area contributed by atoms with Gasteiger partial charge in [0.25, 0.3) is 0 Å². The number of thiazole rings is 1. The second-order valence-corrected chi connectivity index (χ2v) is 4.97. The van der Waals surface area contributed by atoms with Crippen molar-refractivity contribution in [3.05, 3.63) is 28.6 Å². The summed E-state index contributed by atoms with van der Waals surface area (Å²) in [4.78, 5) is 8.76. The molecule has 0 saturated heterocycles. The largest absolute Gasteiger partial charge is 0.375 e. The lowest BCUT2D eigenvalue weighted by atomic mass is 10.3. The van der Waals surface area contributed by atoms with Crippen LogP contribution in [0, 0.1) is 0 Å². The number of rotatable bonds is 1. The van der Waals surface area contributed by atoms with Gasteiger partial charge in [0, 0.05) is 12.4 Å². The topological polar surface area (TPSA) is 56.7 Å². The zero-order valence-electron chi connectivity index (χ0n) is 9.01. The number of nitrogens with two attached hydrogens (primary N) is 1. The maximum Gasteiger partial charge on any atom is 0.180 e. The molecule has 0 bridgehead atoms. The molecule has 2 aromatic heterocycles. The van der Waals surface area contributed by atoms with Crippen LogP contribution in [0.15, 0.2) is 23.6 Å². The van der Waals surface area contributed by atoms with E-state index in [-0.39, 0.29) is 0 Å². The highest BCUT2D eigenvalue weighted by Gasteiger charge is 2.13. The summed E-state index contributed by atoms with van der Waals surface area (Å²) in [6, 6.07) is 5.67. The third-order valence-corrected chi connectivity index (χ3v) is 3.57. The van der Waals surface area contributed by atoms with Gasteiger partial charge < -0.3 is 10.3 Å². The van der Waals surface area contributed by atoms with Crippen molar-refractivity contribution in [2.45, 2.75) is 0 Å². The minimum atomic E-state index is 0.540. The van der Waals surface area contributed by atoms with Gasteiger partial charge in [0.15, 0.2) is 11.0 Å². The van der Waals surface area contributed by atoms with E-state index in [1.807, 2.05) is 35.2 Å². The van der Waals surface area contributed by atoms with E-state index in [2.05, 4.69) is 9.97 Å². The van der Waals surface area contributed by atoms with Crippen molar-refractivity contribution in [3.8, 4) is 11.5 Å². The molecule has 17 heavy (non-hydrogen) atoms. The molecule has 0 spiro atoms. The van der Waals surface area contributed by atoms with E-state index in [9.17, 15) is 0 Å². The Balaban J connectivity index is 2.32. The van der Waals surface area contributed by atoms with Gasteiger partial charge in [-0.05, 0) is 12.1 Å². The van der Waals surface area contributed by atoms with Crippen LogP contribution in [-0.4, -0.2) is 14.5 Å². The normalized spacial score (nSPS) is 11.2. The molecule has 0 unspecified atom stereocenters. The molecule has 86 valence electrons. The van der Waals surface area contributed by atoms with Gasteiger partial charge in [-0.2, -0.15) is 0 Å². The molecule has 1 aromatic carbocycles. The van der Waals surface area contributed by atoms with E-state index in [0.717, 1.165) is 22.6 Å². The molecule has 0 aliphatic carbocycles. The van der Waals surface area contributed by atoms with Crippen molar-refractivity contribution >= 4 is 39.1 Å². The Hall–Kier alpha value is -1.59. The summed E-state index contributed by atoms with van der Waals surface area (Å²) in [5.74, 6) is 0.779. The summed E-state index contributed by atoms with van der Waals surface area (Å²) in [6.45, 7) is 0. The van der Waals surface area contributed by atoms with Crippen LogP contribution in [0.25, 0.3) is 22.6 Å². The number of aryl methyl sites for hydroxylation is 1. The quantitative estimate of drug-likeness (QED) is 0.735. The number of hydrogen-bond acceptors (Lipinski definition) is 4. The van der Waals surface area contributed by atoms with Crippen molar-refractivity contribution in [2.24, 2.45) is 7.05 Å². The number of hydrogen-bond donors (Lipinski definition) is 1. The third-order valence-electron chi connectivity index (χ3n) is 2.60. The molecule has 3 rings (SSSR count). The van der Waals surface area contributed by atoms with Gasteiger partial charge in [0.2, 0.25) is 0 Å². The number of anilines is 1. The Morgan fingerprint density at radius 3 is 2.82 bits per heavy atom. The highest BCUT2D eigenvalue weighted by molar-refractivity contribution is 7.13. The number of aromatic nitrogens is 3. The van der Waals surface area contributed by atoms with E-state index in [1.165, 1.54) is 11.3 Å². The first kappa shape index (κ1) is 10.6. The zero-order chi connectivity index (χ0) is 12.0. The molecule has 2 N–H and O–H groups in total. The second-order valence-electron chi connectivity index (χ2n) is 3.67. The molecule has 0 saturated carbocycles. The summed E-state index contributed by atoms with van der Waals surface area (Å²) in [7, 11) is 1.92. The van der Waals surface area contributed by atoms with E-state index in [1.54, 1.807) is 0 Å². The Labute approximate surface area is 107 Å². The van der Waals surface area contributed by atoms with Gasteiger partial charge in [0.1, 0.15) is 5.69 Å². The van der Waals surface area contributed by atoms with Gasteiger partial charge in [-0.1, -0.05) is 17.7 Å². The van der Waals surface area contributed by atoms with Crippen LogP contribution in [-0.2, 0) is 7.05 Å². The maximum atomic E-state index is 6.16. The predicted octanol–water partition coefficient (Wildman–Crippen LogP) is 2.93. The fourth-order valence-electron chi connectivity index (χ4n) is 1.84. The number of nitrogen functional groups attached to an aromatic ring is 1. The summed E-state index contributed by atoms with van der Waals surface area (Å²) >= 11 is 7.57. The van der Waals surface area contributed by atoms with Crippen LogP contribution < -0.4 is 5.73 Å². The first-order valence-corrected chi connectivity index (χ1v) is 6.25. The van der Waals surface area contributed by atoms with E-state index in [4.69, 9.17) is 17.3 Å². The maximum absolute atomic E-state index is 6.16. The fourth-order valence-corrected chi connectivity index (χ4v) is 2.68. The van der Waals surface area contributed by atoms with Gasteiger partial charge in [-0.15, -0.1) is 11.3 Å². The number of nitrogens with zero attached hydrogens (tertiary/aromatic N) is 3. The summed E-state index contributed by atoms with van der Waals surface area (Å²) < 4.78 is 1.94. The number of para-hydroxylation sites is 1. The van der Waals surface area contributed by atoms with Crippen LogP contribution in [0.2, 0.25) is 5.02 Å². The highest BCUT2D eigenvalue weighted by Crippen LogP contribution is 2.29. The average molecular weight is 265 g/mol. The lowest BCUT2D eigenvalue weighted by molar-refractivity contribution is 0.953. The molecular formula is C11H9ClN4S. The van der Waals surface area contributed by atoms with Crippen molar-refractivity contribution in [3.63, 3.8) is 0 Å². The zero-order valence-corrected chi connectivity index (χ0v) is 10.6. The summed E-state index contributed by atoms with van der Waals surface area (Å²) in [5, 5.41) is 3.12. The first-order valence-electron chi connectivity index (χ1n) is 4.99. The molecule has 0 atom stereocenters. The number of benzene rings is 1. The van der Waals surface area contributed by atoms with Crippen LogP contribution >= 0.6 is 22.9 Å². The van der Waals surface area contributed by atoms with Crippen molar-refractivity contribution in [1.29, 1.82) is 0 Å². The molecule has 0 radical (unpaired) electrons. The molecule has 0 fully saturated rings. The Kier molecular flexibility index (Phi) is 2.31. The molecule has 6 heteroatoms. The Bertz CT molecular complexity index is 701. The minimum absolute atomic E-state index is 0.540. The monoisotopic (exact) mass is 264 g/mol. The first-order chi connectivity index (χ1) is 8.16. The molecular weight excluding hydrogens is 256 g/mol. The smallest absolute Gasteiger partial charge is 0.180 e. The Morgan fingerprint density at radius 2 is 2.18 bits per heavy atom. The highest BCUT2D eigenvalue weighted by atomic mass is 35.5. The van der Waals surface area contributed by atoms with E-state index < -0.39 is 0 Å². The SMILES string of the molecule is Cn1c(-c2csc(N)n2)nc2cccc(Cl)c21. The van der Waals surface area contributed by atoms with Crippen LogP contribution in [0.5, 0.6) is 0 Å². The molecule has 0 amide bonds. The van der Waals surface area contributed by atoms with Gasteiger partial charge in [0.05, 0.1) is 16.1 Å². The number of fused-ring (bicyclic) bond motifs is 1. The summed E-state index contributed by atoms with van der Waals surface area (Å²) in [6.07, 6.45) is 0.